The molecule has 3 N–H and O–H groups in total. The van der Waals surface area contributed by atoms with Gasteiger partial charge in [-0.1, -0.05) is 0 Å². The van der Waals surface area contributed by atoms with Gasteiger partial charge in [0.25, 0.3) is 0 Å². The van der Waals surface area contributed by atoms with Gasteiger partial charge in [-0.2, -0.15) is 10.1 Å². The van der Waals surface area contributed by atoms with E-state index in [0.29, 0.717) is 5.65 Å². The predicted octanol–water partition coefficient (Wildman–Crippen LogP) is 0.952. The van der Waals surface area contributed by atoms with Crippen LogP contribution in [0.25, 0.3) is 22.4 Å². The minimum absolute atomic E-state index is 0.215. The van der Waals surface area contributed by atoms with Crippen molar-refractivity contribution in [3.05, 3.63) is 17.7 Å². The Balaban J connectivity index is 2.40. The Morgan fingerprint density at radius 3 is 2.72 bits per heavy atom. The normalized spacial score (nSPS) is 11.3. The van der Waals surface area contributed by atoms with Crippen LogP contribution in [0.4, 0.5) is 5.95 Å². The summed E-state index contributed by atoms with van der Waals surface area (Å²) in [5.41, 5.74) is 10.7. The first-order valence-corrected chi connectivity index (χ1v) is 5.55. The summed E-state index contributed by atoms with van der Waals surface area (Å²) in [5, 5.41) is 4.39. The Bertz CT molecular complexity index is 737. The second kappa shape index (κ2) is 3.52. The first-order chi connectivity index (χ1) is 8.58. The number of nitrogens with two attached hydrogens (primary N) is 1. The Morgan fingerprint density at radius 2 is 2.06 bits per heavy atom. The molecule has 0 aliphatic rings. The molecular formula is C11H13N7. The lowest BCUT2D eigenvalue weighted by Gasteiger charge is -2.03. The molecule has 0 saturated heterocycles. The maximum absolute atomic E-state index is 5.72. The molecule has 3 rings (SSSR count). The standard InChI is InChI=1S/C11H13N7/c1-5-7(6(2)18(3)17-5)8-9-10(14-4-13-9)16-11(12)15-8/h4H,1-3H3,(H3,12,13,14,15,16). The number of hydrogen-bond acceptors (Lipinski definition) is 5. The number of aromatic amines is 1. The average molecular weight is 243 g/mol. The first kappa shape index (κ1) is 10.7. The lowest BCUT2D eigenvalue weighted by atomic mass is 10.1. The van der Waals surface area contributed by atoms with Gasteiger partial charge in [-0.25, -0.2) is 9.97 Å². The number of nitrogens with one attached hydrogen (secondary N) is 1. The third-order valence-corrected chi connectivity index (χ3v) is 3.05. The molecule has 7 heteroatoms. The molecule has 0 unspecified atom stereocenters. The number of aryl methyl sites for hydroxylation is 2. The molecule has 0 amide bonds. The fourth-order valence-corrected chi connectivity index (χ4v) is 2.15. The molecule has 3 heterocycles. The van der Waals surface area contributed by atoms with Crippen LogP contribution in [0.1, 0.15) is 11.4 Å². The van der Waals surface area contributed by atoms with Crippen molar-refractivity contribution in [1.29, 1.82) is 0 Å². The number of nitrogens with zero attached hydrogens (tertiary/aromatic N) is 5. The van der Waals surface area contributed by atoms with Crippen molar-refractivity contribution in [2.24, 2.45) is 7.05 Å². The number of nitrogen functional groups attached to an aromatic ring is 1. The monoisotopic (exact) mass is 243 g/mol. The number of hydrogen-bond donors (Lipinski definition) is 2. The van der Waals surface area contributed by atoms with Crippen LogP contribution in [-0.4, -0.2) is 29.7 Å². The SMILES string of the molecule is Cc1nn(C)c(C)c1-c1nc(N)nc2nc[nH]c12. The van der Waals surface area contributed by atoms with Crippen LogP contribution in [0.3, 0.4) is 0 Å². The van der Waals surface area contributed by atoms with Crippen LogP contribution in [0.15, 0.2) is 6.33 Å². The third kappa shape index (κ3) is 1.37. The summed E-state index contributed by atoms with van der Waals surface area (Å²) >= 11 is 0. The van der Waals surface area contributed by atoms with E-state index in [1.54, 1.807) is 6.33 Å². The van der Waals surface area contributed by atoms with Crippen LogP contribution >= 0.6 is 0 Å². The van der Waals surface area contributed by atoms with Crippen LogP contribution < -0.4 is 5.73 Å². The molecule has 3 aromatic heterocycles. The topological polar surface area (TPSA) is 98.3 Å². The van der Waals surface area contributed by atoms with Crippen LogP contribution in [0.2, 0.25) is 0 Å². The molecule has 0 aliphatic heterocycles. The zero-order chi connectivity index (χ0) is 12.9. The maximum atomic E-state index is 5.72. The maximum Gasteiger partial charge on any atom is 0.222 e. The molecule has 0 aromatic carbocycles. The largest absolute Gasteiger partial charge is 0.368 e. The molecule has 0 aliphatic carbocycles. The Kier molecular flexibility index (Phi) is 2.09. The van der Waals surface area contributed by atoms with E-state index >= 15 is 0 Å². The van der Waals surface area contributed by atoms with E-state index in [4.69, 9.17) is 5.73 Å². The summed E-state index contributed by atoms with van der Waals surface area (Å²) in [4.78, 5) is 15.6. The van der Waals surface area contributed by atoms with Crippen LogP contribution in [0.5, 0.6) is 0 Å². The summed E-state index contributed by atoms with van der Waals surface area (Å²) in [6.07, 6.45) is 1.59. The van der Waals surface area contributed by atoms with E-state index in [-0.39, 0.29) is 5.95 Å². The molecule has 0 saturated carbocycles. The second-order valence-corrected chi connectivity index (χ2v) is 4.20. The van der Waals surface area contributed by atoms with E-state index in [1.165, 1.54) is 0 Å². The van der Waals surface area contributed by atoms with E-state index in [9.17, 15) is 0 Å². The average Bonchev–Trinajstić information content (AvgIpc) is 2.84. The lowest BCUT2D eigenvalue weighted by molar-refractivity contribution is 0.731. The Hall–Kier alpha value is -2.44. The molecule has 0 atom stereocenters. The summed E-state index contributed by atoms with van der Waals surface area (Å²) in [6, 6.07) is 0. The molecule has 0 fully saturated rings. The summed E-state index contributed by atoms with van der Waals surface area (Å²) in [7, 11) is 1.90. The van der Waals surface area contributed by atoms with E-state index in [2.05, 4.69) is 25.0 Å². The van der Waals surface area contributed by atoms with E-state index < -0.39 is 0 Å². The molecule has 3 aromatic rings. The Labute approximate surface area is 103 Å². The van der Waals surface area contributed by atoms with Gasteiger partial charge in [0, 0.05) is 18.3 Å². The minimum atomic E-state index is 0.215. The van der Waals surface area contributed by atoms with Crippen molar-refractivity contribution in [3.63, 3.8) is 0 Å². The van der Waals surface area contributed by atoms with Gasteiger partial charge in [0.1, 0.15) is 11.2 Å². The highest BCUT2D eigenvalue weighted by Crippen LogP contribution is 2.29. The molecular weight excluding hydrogens is 230 g/mol. The number of fused-ring (bicyclic) bond motifs is 1. The number of anilines is 1. The van der Waals surface area contributed by atoms with Gasteiger partial charge in [0.05, 0.1) is 12.0 Å². The highest BCUT2D eigenvalue weighted by Gasteiger charge is 2.18. The number of H-pyrrole nitrogens is 1. The zero-order valence-electron chi connectivity index (χ0n) is 10.4. The smallest absolute Gasteiger partial charge is 0.222 e. The Morgan fingerprint density at radius 1 is 1.28 bits per heavy atom. The van der Waals surface area contributed by atoms with Crippen molar-refractivity contribution in [2.75, 3.05) is 5.73 Å². The van der Waals surface area contributed by atoms with Gasteiger partial charge in [0.15, 0.2) is 5.65 Å². The third-order valence-electron chi connectivity index (χ3n) is 3.05. The van der Waals surface area contributed by atoms with Crippen molar-refractivity contribution in [1.82, 2.24) is 29.7 Å². The van der Waals surface area contributed by atoms with Gasteiger partial charge in [0.2, 0.25) is 5.95 Å². The van der Waals surface area contributed by atoms with E-state index in [1.807, 2.05) is 25.6 Å². The van der Waals surface area contributed by atoms with Crippen molar-refractivity contribution < 1.29 is 0 Å². The van der Waals surface area contributed by atoms with Crippen molar-refractivity contribution in [2.45, 2.75) is 13.8 Å². The van der Waals surface area contributed by atoms with Gasteiger partial charge in [-0.3, -0.25) is 4.68 Å². The van der Waals surface area contributed by atoms with Gasteiger partial charge >= 0.3 is 0 Å². The summed E-state index contributed by atoms with van der Waals surface area (Å²) in [6.45, 7) is 3.94. The number of imidazole rings is 1. The summed E-state index contributed by atoms with van der Waals surface area (Å²) in [5.74, 6) is 0.215. The van der Waals surface area contributed by atoms with Gasteiger partial charge < -0.3 is 10.7 Å². The minimum Gasteiger partial charge on any atom is -0.368 e. The first-order valence-electron chi connectivity index (χ1n) is 5.55. The molecule has 7 nitrogen and oxygen atoms in total. The van der Waals surface area contributed by atoms with Crippen LogP contribution in [-0.2, 0) is 7.05 Å². The number of aromatic nitrogens is 6. The molecule has 92 valence electrons. The van der Waals surface area contributed by atoms with Crippen LogP contribution in [0, 0.1) is 13.8 Å². The van der Waals surface area contributed by atoms with Gasteiger partial charge in [-0.15, -0.1) is 0 Å². The molecule has 0 bridgehead atoms. The second-order valence-electron chi connectivity index (χ2n) is 4.20. The van der Waals surface area contributed by atoms with Crippen molar-refractivity contribution >= 4 is 17.1 Å². The highest BCUT2D eigenvalue weighted by atomic mass is 15.3. The van der Waals surface area contributed by atoms with Crippen molar-refractivity contribution in [3.8, 4) is 11.3 Å². The fourth-order valence-electron chi connectivity index (χ4n) is 2.15. The quantitative estimate of drug-likeness (QED) is 0.663. The zero-order valence-corrected chi connectivity index (χ0v) is 10.4. The molecule has 18 heavy (non-hydrogen) atoms. The van der Waals surface area contributed by atoms with E-state index in [0.717, 1.165) is 28.2 Å². The highest BCUT2D eigenvalue weighted by molar-refractivity contribution is 5.89. The number of rotatable bonds is 1. The molecule has 0 spiro atoms. The van der Waals surface area contributed by atoms with Gasteiger partial charge in [-0.05, 0) is 13.8 Å². The lowest BCUT2D eigenvalue weighted by Crippen LogP contribution is -1.99. The summed E-state index contributed by atoms with van der Waals surface area (Å²) < 4.78 is 1.82. The molecule has 0 radical (unpaired) electrons. The fraction of sp³-hybridized carbons (Fsp3) is 0.273. The predicted molar refractivity (Wildman–Crippen MR) is 67.8 cm³/mol.